The average Bonchev–Trinajstić information content (AvgIpc) is 2.75. The van der Waals surface area contributed by atoms with Gasteiger partial charge in [0.1, 0.15) is 0 Å². The van der Waals surface area contributed by atoms with Gasteiger partial charge in [-0.05, 0) is 23.1 Å². The number of fused-ring (bicyclic) bond motifs is 1. The third kappa shape index (κ3) is 2.22. The number of benzene rings is 1. The number of rotatable bonds is 1. The van der Waals surface area contributed by atoms with Gasteiger partial charge in [0.15, 0.2) is 0 Å². The molecule has 17 heavy (non-hydrogen) atoms. The number of aromatic amines is 1. The summed E-state index contributed by atoms with van der Waals surface area (Å²) in [6.07, 6.45) is 2.40. The molecule has 1 aromatic carbocycles. The summed E-state index contributed by atoms with van der Waals surface area (Å²) in [6.45, 7) is 0.485. The highest BCUT2D eigenvalue weighted by atomic mass is 35.5. The van der Waals surface area contributed by atoms with Crippen molar-refractivity contribution in [2.75, 3.05) is 6.61 Å². The molecule has 1 fully saturated rings. The van der Waals surface area contributed by atoms with Crippen molar-refractivity contribution in [3.8, 4) is 0 Å². The molecule has 2 aromatic rings. The third-order valence-electron chi connectivity index (χ3n) is 2.91. The normalized spacial score (nSPS) is 19.3. The fraction of sp³-hybridized carbons (Fsp3) is 0.250. The van der Waals surface area contributed by atoms with E-state index in [9.17, 15) is 4.79 Å². The Balaban J connectivity index is 0.00000108. The minimum Gasteiger partial charge on any atom is -0.449 e. The van der Waals surface area contributed by atoms with Crippen molar-refractivity contribution in [1.82, 2.24) is 10.3 Å². The van der Waals surface area contributed by atoms with Gasteiger partial charge in [-0.15, -0.1) is 12.4 Å². The number of carbonyl (C=O) groups is 1. The van der Waals surface area contributed by atoms with Crippen molar-refractivity contribution >= 4 is 29.4 Å². The van der Waals surface area contributed by atoms with Crippen LogP contribution in [0.5, 0.6) is 0 Å². The van der Waals surface area contributed by atoms with Gasteiger partial charge in [0.25, 0.3) is 0 Å². The van der Waals surface area contributed by atoms with E-state index in [2.05, 4.69) is 22.4 Å². The molecule has 4 nitrogen and oxygen atoms in total. The number of hydrogen-bond acceptors (Lipinski definition) is 2. The number of amides is 1. The van der Waals surface area contributed by atoms with Gasteiger partial charge in [0.05, 0.1) is 12.6 Å². The van der Waals surface area contributed by atoms with Gasteiger partial charge >= 0.3 is 6.09 Å². The van der Waals surface area contributed by atoms with Crippen molar-refractivity contribution in [3.63, 3.8) is 0 Å². The maximum atomic E-state index is 11.1. The molecule has 2 N–H and O–H groups in total. The van der Waals surface area contributed by atoms with E-state index in [1.165, 1.54) is 5.39 Å². The molecule has 2 heterocycles. The second kappa shape index (κ2) is 4.67. The Morgan fingerprint density at radius 3 is 3.00 bits per heavy atom. The van der Waals surface area contributed by atoms with Gasteiger partial charge in [-0.3, -0.25) is 0 Å². The first-order valence-corrected chi connectivity index (χ1v) is 5.33. The molecular weight excluding hydrogens is 240 g/mol. The van der Waals surface area contributed by atoms with Crippen LogP contribution in [0.3, 0.4) is 0 Å². The molecule has 0 saturated carbocycles. The first-order valence-electron chi connectivity index (χ1n) is 5.33. The maximum Gasteiger partial charge on any atom is 0.407 e. The van der Waals surface area contributed by atoms with Crippen LogP contribution in [-0.4, -0.2) is 17.7 Å². The lowest BCUT2D eigenvalue weighted by Gasteiger charge is -2.23. The highest BCUT2D eigenvalue weighted by Gasteiger charge is 2.20. The van der Waals surface area contributed by atoms with Crippen molar-refractivity contribution in [3.05, 3.63) is 36.0 Å². The maximum absolute atomic E-state index is 11.1. The molecular formula is C12H13ClN2O2. The molecule has 0 unspecified atom stereocenters. The quantitative estimate of drug-likeness (QED) is 0.820. The zero-order valence-corrected chi connectivity index (χ0v) is 9.92. The summed E-state index contributed by atoms with van der Waals surface area (Å²) in [5, 5.41) is 4.00. The number of hydrogen-bond donors (Lipinski definition) is 2. The lowest BCUT2D eigenvalue weighted by Crippen LogP contribution is -2.35. The van der Waals surface area contributed by atoms with E-state index in [1.807, 2.05) is 18.3 Å². The molecule has 1 aromatic heterocycles. The van der Waals surface area contributed by atoms with Gasteiger partial charge in [-0.2, -0.15) is 0 Å². The first-order chi connectivity index (χ1) is 7.83. The summed E-state index contributed by atoms with van der Waals surface area (Å²) in [7, 11) is 0. The topological polar surface area (TPSA) is 54.1 Å². The van der Waals surface area contributed by atoms with Gasteiger partial charge in [0.2, 0.25) is 0 Å². The number of H-pyrrole nitrogens is 1. The van der Waals surface area contributed by atoms with Crippen molar-refractivity contribution in [2.45, 2.75) is 12.5 Å². The summed E-state index contributed by atoms with van der Waals surface area (Å²) in [5.41, 5.74) is 2.21. The average molecular weight is 253 g/mol. The number of alkyl carbamates (subject to hydrolysis) is 1. The standard InChI is InChI=1S/C12H12N2O2.ClH/c15-12-14-10(4-6-16-12)9-2-1-8-3-5-13-11(8)7-9;/h1-3,5,7,10,13H,4,6H2,(H,14,15);1H/t10-;/m0./s1. The van der Waals surface area contributed by atoms with Crippen LogP contribution >= 0.6 is 12.4 Å². The number of halogens is 1. The van der Waals surface area contributed by atoms with E-state index in [-0.39, 0.29) is 24.5 Å². The second-order valence-electron chi connectivity index (χ2n) is 3.95. The van der Waals surface area contributed by atoms with Crippen molar-refractivity contribution in [1.29, 1.82) is 0 Å². The van der Waals surface area contributed by atoms with Crippen LogP contribution in [0.1, 0.15) is 18.0 Å². The largest absolute Gasteiger partial charge is 0.449 e. The second-order valence-corrected chi connectivity index (χ2v) is 3.95. The number of aromatic nitrogens is 1. The minimum atomic E-state index is -0.331. The number of ether oxygens (including phenoxy) is 1. The lowest BCUT2D eigenvalue weighted by molar-refractivity contribution is 0.115. The number of cyclic esters (lactones) is 1. The van der Waals surface area contributed by atoms with Gasteiger partial charge in [-0.25, -0.2) is 4.79 Å². The Morgan fingerprint density at radius 2 is 2.18 bits per heavy atom. The van der Waals surface area contributed by atoms with Gasteiger partial charge in [0, 0.05) is 18.1 Å². The van der Waals surface area contributed by atoms with E-state index in [0.717, 1.165) is 17.5 Å². The highest BCUT2D eigenvalue weighted by molar-refractivity contribution is 5.85. The van der Waals surface area contributed by atoms with Crippen LogP contribution in [0.2, 0.25) is 0 Å². The van der Waals surface area contributed by atoms with E-state index < -0.39 is 0 Å². The molecule has 1 aliphatic heterocycles. The van der Waals surface area contributed by atoms with Crippen LogP contribution in [0.15, 0.2) is 30.5 Å². The van der Waals surface area contributed by atoms with Crippen molar-refractivity contribution in [2.24, 2.45) is 0 Å². The molecule has 3 rings (SSSR count). The van der Waals surface area contributed by atoms with E-state index in [4.69, 9.17) is 4.74 Å². The van der Waals surface area contributed by atoms with E-state index in [1.54, 1.807) is 0 Å². The van der Waals surface area contributed by atoms with Crippen LogP contribution in [0.4, 0.5) is 4.79 Å². The zero-order chi connectivity index (χ0) is 11.0. The predicted molar refractivity (Wildman–Crippen MR) is 67.4 cm³/mol. The van der Waals surface area contributed by atoms with Crippen LogP contribution in [0.25, 0.3) is 10.9 Å². The summed E-state index contributed by atoms with van der Waals surface area (Å²) in [5.74, 6) is 0. The first kappa shape index (κ1) is 11.8. The summed E-state index contributed by atoms with van der Waals surface area (Å²) in [4.78, 5) is 14.3. The van der Waals surface area contributed by atoms with E-state index >= 15 is 0 Å². The minimum absolute atomic E-state index is 0. The third-order valence-corrected chi connectivity index (χ3v) is 2.91. The number of carbonyl (C=O) groups excluding carboxylic acids is 1. The molecule has 5 heteroatoms. The summed E-state index contributed by atoms with van der Waals surface area (Å²) in [6, 6.07) is 8.27. The van der Waals surface area contributed by atoms with Crippen molar-refractivity contribution < 1.29 is 9.53 Å². The smallest absolute Gasteiger partial charge is 0.407 e. The Labute approximate surface area is 105 Å². The monoisotopic (exact) mass is 252 g/mol. The molecule has 0 aliphatic carbocycles. The SMILES string of the molecule is Cl.O=C1N[C@H](c2ccc3cc[nH]c3c2)CCO1. The Morgan fingerprint density at radius 1 is 1.29 bits per heavy atom. The fourth-order valence-electron chi connectivity index (χ4n) is 2.06. The Hall–Kier alpha value is -1.68. The highest BCUT2D eigenvalue weighted by Crippen LogP contribution is 2.23. The summed E-state index contributed by atoms with van der Waals surface area (Å²) >= 11 is 0. The molecule has 90 valence electrons. The molecule has 0 spiro atoms. The molecule has 0 bridgehead atoms. The zero-order valence-electron chi connectivity index (χ0n) is 9.10. The Bertz CT molecular complexity index is 538. The molecule has 1 saturated heterocycles. The van der Waals surface area contributed by atoms with Crippen LogP contribution < -0.4 is 5.32 Å². The predicted octanol–water partition coefficient (Wildman–Crippen LogP) is 2.76. The molecule has 1 atom stereocenters. The number of nitrogens with one attached hydrogen (secondary N) is 2. The lowest BCUT2D eigenvalue weighted by atomic mass is 10.0. The van der Waals surface area contributed by atoms with Crippen LogP contribution in [-0.2, 0) is 4.74 Å². The molecule has 1 aliphatic rings. The molecule has 0 radical (unpaired) electrons. The van der Waals surface area contributed by atoms with Gasteiger partial charge < -0.3 is 15.0 Å². The Kier molecular flexibility index (Phi) is 3.24. The van der Waals surface area contributed by atoms with Crippen LogP contribution in [0, 0.1) is 0 Å². The van der Waals surface area contributed by atoms with E-state index in [0.29, 0.717) is 6.61 Å². The fourth-order valence-corrected chi connectivity index (χ4v) is 2.06. The van der Waals surface area contributed by atoms with Gasteiger partial charge in [-0.1, -0.05) is 12.1 Å². The molecule has 1 amide bonds. The summed E-state index contributed by atoms with van der Waals surface area (Å²) < 4.78 is 4.84.